The highest BCUT2D eigenvalue weighted by atomic mass is 19.4. The number of hydrogen-bond donors (Lipinski definition) is 4. The molecule has 26 heavy (non-hydrogen) atoms. The second kappa shape index (κ2) is 7.96. The molecule has 2 aliphatic rings. The lowest BCUT2D eigenvalue weighted by Gasteiger charge is -2.30. The van der Waals surface area contributed by atoms with Crippen LogP contribution in [0.2, 0.25) is 0 Å². The van der Waals surface area contributed by atoms with Gasteiger partial charge in [-0.2, -0.15) is 18.2 Å². The number of aliphatic hydroxyl groups is 2. The Kier molecular flexibility index (Phi) is 5.86. The summed E-state index contributed by atoms with van der Waals surface area (Å²) in [6.45, 7) is 0. The molecule has 2 aliphatic carbocycles. The molecule has 0 saturated heterocycles. The lowest BCUT2D eigenvalue weighted by Crippen LogP contribution is -2.38. The molecule has 2 fully saturated rings. The second-order valence-electron chi connectivity index (χ2n) is 7.17. The molecule has 0 aromatic carbocycles. The predicted molar refractivity (Wildman–Crippen MR) is 90.8 cm³/mol. The number of halogens is 3. The van der Waals surface area contributed by atoms with Gasteiger partial charge in [-0.25, -0.2) is 4.98 Å². The molecule has 9 heteroatoms. The lowest BCUT2D eigenvalue weighted by molar-refractivity contribution is -0.141. The van der Waals surface area contributed by atoms with E-state index in [0.717, 1.165) is 31.7 Å². The molecule has 3 rings (SSSR count). The van der Waals surface area contributed by atoms with E-state index < -0.39 is 24.1 Å². The van der Waals surface area contributed by atoms with Gasteiger partial charge >= 0.3 is 6.18 Å². The summed E-state index contributed by atoms with van der Waals surface area (Å²) in [6.07, 6.45) is 0.331. The highest BCUT2D eigenvalue weighted by Crippen LogP contribution is 2.31. The summed E-state index contributed by atoms with van der Waals surface area (Å²) in [4.78, 5) is 7.73. The molecule has 0 amide bonds. The van der Waals surface area contributed by atoms with E-state index in [0.29, 0.717) is 25.7 Å². The van der Waals surface area contributed by atoms with Crippen molar-refractivity contribution in [2.45, 2.75) is 81.8 Å². The normalized spacial score (nSPS) is 30.0. The van der Waals surface area contributed by atoms with Crippen LogP contribution in [-0.2, 0) is 6.18 Å². The topological polar surface area (TPSA) is 90.3 Å². The first-order chi connectivity index (χ1) is 12.3. The number of nitrogens with one attached hydrogen (secondary N) is 2. The number of alkyl halides is 3. The van der Waals surface area contributed by atoms with Gasteiger partial charge in [0.25, 0.3) is 0 Å². The van der Waals surface area contributed by atoms with E-state index in [1.165, 1.54) is 0 Å². The molecule has 0 spiro atoms. The van der Waals surface area contributed by atoms with Crippen molar-refractivity contribution in [2.75, 3.05) is 10.6 Å². The first kappa shape index (κ1) is 19.2. The van der Waals surface area contributed by atoms with Gasteiger partial charge in [-0.1, -0.05) is 25.7 Å². The van der Waals surface area contributed by atoms with Crippen molar-refractivity contribution in [1.82, 2.24) is 9.97 Å². The first-order valence-electron chi connectivity index (χ1n) is 9.18. The number of aromatic nitrogens is 2. The molecule has 146 valence electrons. The van der Waals surface area contributed by atoms with Gasteiger partial charge in [-0.15, -0.1) is 0 Å². The van der Waals surface area contributed by atoms with Crippen LogP contribution in [0.5, 0.6) is 0 Å². The van der Waals surface area contributed by atoms with E-state index >= 15 is 0 Å². The minimum Gasteiger partial charge on any atom is -0.391 e. The molecule has 4 N–H and O–H groups in total. The zero-order valence-electron chi connectivity index (χ0n) is 14.5. The van der Waals surface area contributed by atoms with Gasteiger partial charge < -0.3 is 20.8 Å². The molecule has 0 aliphatic heterocycles. The van der Waals surface area contributed by atoms with Crippen molar-refractivity contribution >= 4 is 11.8 Å². The zero-order valence-corrected chi connectivity index (χ0v) is 14.5. The molecule has 1 aromatic heterocycles. The monoisotopic (exact) mass is 374 g/mol. The van der Waals surface area contributed by atoms with Crippen LogP contribution in [0.3, 0.4) is 0 Å². The Bertz CT molecular complexity index is 572. The summed E-state index contributed by atoms with van der Waals surface area (Å²) in [6, 6.07) is 0.178. The van der Waals surface area contributed by atoms with Gasteiger partial charge in [0.05, 0.1) is 24.3 Å². The Morgan fingerprint density at radius 1 is 0.846 bits per heavy atom. The van der Waals surface area contributed by atoms with Gasteiger partial charge in [0.1, 0.15) is 5.82 Å². The number of anilines is 2. The number of rotatable bonds is 4. The van der Waals surface area contributed by atoms with Crippen LogP contribution < -0.4 is 10.6 Å². The second-order valence-corrected chi connectivity index (χ2v) is 7.17. The number of aliphatic hydroxyl groups excluding tert-OH is 2. The van der Waals surface area contributed by atoms with E-state index in [1.54, 1.807) is 0 Å². The maximum atomic E-state index is 13.2. The quantitative estimate of drug-likeness (QED) is 0.648. The summed E-state index contributed by atoms with van der Waals surface area (Å²) in [5.74, 6) is -0.121. The van der Waals surface area contributed by atoms with Gasteiger partial charge in [0, 0.05) is 6.07 Å². The Labute approximate surface area is 150 Å². The fraction of sp³-hybridized carbons (Fsp3) is 0.765. The summed E-state index contributed by atoms with van der Waals surface area (Å²) < 4.78 is 39.6. The molecule has 4 atom stereocenters. The summed E-state index contributed by atoms with van der Waals surface area (Å²) >= 11 is 0. The van der Waals surface area contributed by atoms with Crippen LogP contribution >= 0.6 is 0 Å². The van der Waals surface area contributed by atoms with Crippen LogP contribution in [0.4, 0.5) is 24.9 Å². The first-order valence-corrected chi connectivity index (χ1v) is 9.18. The van der Waals surface area contributed by atoms with E-state index in [2.05, 4.69) is 20.6 Å². The van der Waals surface area contributed by atoms with E-state index in [-0.39, 0.29) is 23.8 Å². The Morgan fingerprint density at radius 3 is 1.92 bits per heavy atom. The van der Waals surface area contributed by atoms with E-state index in [4.69, 9.17) is 0 Å². The minimum atomic E-state index is -4.60. The van der Waals surface area contributed by atoms with Crippen molar-refractivity contribution < 1.29 is 23.4 Å². The maximum absolute atomic E-state index is 13.2. The van der Waals surface area contributed by atoms with Crippen LogP contribution in [0.1, 0.15) is 57.1 Å². The van der Waals surface area contributed by atoms with Crippen LogP contribution in [-0.4, -0.2) is 44.5 Å². The van der Waals surface area contributed by atoms with Gasteiger partial charge in [0.2, 0.25) is 5.95 Å². The number of nitrogens with zero attached hydrogens (tertiary/aromatic N) is 2. The SMILES string of the molecule is O[C@H]1CCCC[C@@H]1Nc1cc(C(F)(F)F)nc(N[C@H]2CCCC[C@@H]2O)n1. The average molecular weight is 374 g/mol. The van der Waals surface area contributed by atoms with Gasteiger partial charge in [-0.05, 0) is 25.7 Å². The fourth-order valence-corrected chi connectivity index (χ4v) is 3.65. The predicted octanol–water partition coefficient (Wildman–Crippen LogP) is 2.93. The molecule has 2 saturated carbocycles. The Balaban J connectivity index is 1.81. The highest BCUT2D eigenvalue weighted by molar-refractivity contribution is 5.44. The van der Waals surface area contributed by atoms with Crippen LogP contribution in [0.15, 0.2) is 6.07 Å². The largest absolute Gasteiger partial charge is 0.433 e. The zero-order chi connectivity index (χ0) is 18.7. The Morgan fingerprint density at radius 2 is 1.38 bits per heavy atom. The van der Waals surface area contributed by atoms with Crippen molar-refractivity contribution in [1.29, 1.82) is 0 Å². The molecule has 6 nitrogen and oxygen atoms in total. The summed E-state index contributed by atoms with van der Waals surface area (Å²) in [5, 5.41) is 25.9. The van der Waals surface area contributed by atoms with Crippen LogP contribution in [0.25, 0.3) is 0 Å². The van der Waals surface area contributed by atoms with Crippen molar-refractivity contribution in [3.63, 3.8) is 0 Å². The number of hydrogen-bond acceptors (Lipinski definition) is 6. The van der Waals surface area contributed by atoms with Gasteiger partial charge in [-0.3, -0.25) is 0 Å². The average Bonchev–Trinajstić information content (AvgIpc) is 2.58. The third kappa shape index (κ3) is 4.76. The standard InChI is InChI=1S/C17H25F3N4O2/c18-17(19,20)14-9-15(21-10-5-1-3-7-12(10)25)24-16(23-14)22-11-6-2-4-8-13(11)26/h9-13,25-26H,1-8H2,(H2,21,22,23,24)/t10-,11-,12-,13-/m0/s1. The van der Waals surface area contributed by atoms with Crippen molar-refractivity contribution in [3.05, 3.63) is 11.8 Å². The Hall–Kier alpha value is -1.61. The van der Waals surface area contributed by atoms with E-state index in [9.17, 15) is 23.4 Å². The molecular weight excluding hydrogens is 349 g/mol. The molecule has 0 unspecified atom stereocenters. The molecule has 0 bridgehead atoms. The van der Waals surface area contributed by atoms with Gasteiger partial charge in [0.15, 0.2) is 5.69 Å². The lowest BCUT2D eigenvalue weighted by atomic mass is 9.92. The fourth-order valence-electron chi connectivity index (χ4n) is 3.65. The van der Waals surface area contributed by atoms with Crippen LogP contribution in [0, 0.1) is 0 Å². The minimum absolute atomic E-state index is 0.0334. The molecule has 1 aromatic rings. The molecular formula is C17H25F3N4O2. The van der Waals surface area contributed by atoms with Crippen molar-refractivity contribution in [2.24, 2.45) is 0 Å². The highest BCUT2D eigenvalue weighted by Gasteiger charge is 2.35. The third-order valence-electron chi connectivity index (χ3n) is 5.12. The third-order valence-corrected chi connectivity index (χ3v) is 5.12. The smallest absolute Gasteiger partial charge is 0.391 e. The summed E-state index contributed by atoms with van der Waals surface area (Å²) in [5.41, 5.74) is -1.05. The van der Waals surface area contributed by atoms with E-state index in [1.807, 2.05) is 0 Å². The maximum Gasteiger partial charge on any atom is 0.433 e. The molecule has 0 radical (unpaired) electrons. The molecule has 1 heterocycles. The summed E-state index contributed by atoms with van der Waals surface area (Å²) in [7, 11) is 0. The van der Waals surface area contributed by atoms with Crippen molar-refractivity contribution in [3.8, 4) is 0 Å².